The van der Waals surface area contributed by atoms with E-state index in [1.54, 1.807) is 0 Å². The Balaban J connectivity index is -0.0000000720. The van der Waals surface area contributed by atoms with Crippen molar-refractivity contribution >= 4 is 0 Å². The van der Waals surface area contributed by atoms with E-state index in [0.717, 1.165) is 0 Å². The van der Waals surface area contributed by atoms with Crippen LogP contribution in [0.1, 0.15) is 0 Å². The smallest absolute Gasteiger partial charge is 4.00 e. The van der Waals surface area contributed by atoms with Crippen molar-refractivity contribution in [1.82, 2.24) is 0 Å². The van der Waals surface area contributed by atoms with Crippen LogP contribution in [0.4, 0.5) is 0 Å². The van der Waals surface area contributed by atoms with Gasteiger partial charge in [0.15, 0.2) is 0 Å². The molecule has 0 spiro atoms. The van der Waals surface area contributed by atoms with Crippen LogP contribution in [-0.2, 0) is 63.4 Å². The Hall–Kier alpha value is 1.49. The largest absolute Gasteiger partial charge is 4.00 e. The summed E-state index contributed by atoms with van der Waals surface area (Å²) in [6.07, 6.45) is 0. The summed E-state index contributed by atoms with van der Waals surface area (Å²) in [5.41, 5.74) is 0. The average Bonchev–Trinajstić information content (AvgIpc) is 1.25. The zero-order valence-electron chi connectivity index (χ0n) is 3.80. The van der Waals surface area contributed by atoms with Crippen LogP contribution in [0.5, 0.6) is 0 Å². The maximum atomic E-state index is 8.58. The Morgan fingerprint density at radius 2 is 0.778 bits per heavy atom. The van der Waals surface area contributed by atoms with Crippen molar-refractivity contribution in [2.24, 2.45) is 0 Å². The molecule has 0 saturated heterocycles. The quantitative estimate of drug-likeness (QED) is 0.411. The second-order valence-electron chi connectivity index (χ2n) is 0.500. The standard InChI is InChI=1S/6O.Ru.2Ti/q;;4*-1;+4;;. The molecule has 0 amide bonds. The second-order valence-corrected chi connectivity index (χ2v) is 2.06. The fourth-order valence-corrected chi connectivity index (χ4v) is 0. The Kier molecular flexibility index (Phi) is 22.8. The third-order valence-electron chi connectivity index (χ3n) is 0. The first kappa shape index (κ1) is 16.8. The Morgan fingerprint density at radius 1 is 0.778 bits per heavy atom. The third kappa shape index (κ3) is 239. The van der Waals surface area contributed by atoms with Crippen LogP contribution in [0, 0.1) is 0 Å². The molecule has 0 aromatic carbocycles. The fourth-order valence-electron chi connectivity index (χ4n) is 0. The van der Waals surface area contributed by atoms with E-state index >= 15 is 0 Å². The van der Waals surface area contributed by atoms with Crippen molar-refractivity contribution < 1.29 is 78.1 Å². The monoisotopic (exact) mass is 294 g/mol. The van der Waals surface area contributed by atoms with Crippen molar-refractivity contribution in [3.63, 3.8) is 0 Å². The van der Waals surface area contributed by atoms with Gasteiger partial charge in [0.25, 0.3) is 0 Å². The summed E-state index contributed by atoms with van der Waals surface area (Å²) in [6.45, 7) is 0. The van der Waals surface area contributed by atoms with Gasteiger partial charge in [-0.2, -0.15) is 0 Å². The number of hydrogen-bond acceptors (Lipinski definition) is 6. The first-order valence-electron chi connectivity index (χ1n) is 1.22. The van der Waals surface area contributed by atoms with Gasteiger partial charge in [-0.05, 0) is 0 Å². The second kappa shape index (κ2) is 12.2. The molecule has 0 aliphatic heterocycles. The Morgan fingerprint density at radius 3 is 0.778 bits per heavy atom. The molecule has 0 aliphatic carbocycles. The molecular weight excluding hydrogens is 293 g/mol. The number of rotatable bonds is 0. The van der Waals surface area contributed by atoms with Crippen molar-refractivity contribution in [2.45, 2.75) is 0 Å². The summed E-state index contributed by atoms with van der Waals surface area (Å²) >= 11 is -8.17. The zero-order valence-corrected chi connectivity index (χ0v) is 8.66. The minimum absolute atomic E-state index is 0. The van der Waals surface area contributed by atoms with Crippen LogP contribution in [0.2, 0.25) is 0 Å². The summed E-state index contributed by atoms with van der Waals surface area (Å²) < 4.78 is 51.5. The summed E-state index contributed by atoms with van der Waals surface area (Å²) in [7, 11) is 0. The molecule has 0 aromatic rings. The molecule has 0 rings (SSSR count). The molecular formula is O6RuTi2. The maximum absolute atomic E-state index is 8.58. The van der Waals surface area contributed by atoms with Crippen molar-refractivity contribution in [3.8, 4) is 0 Å². The molecule has 0 N–H and O–H groups in total. The van der Waals surface area contributed by atoms with Gasteiger partial charge in [0.1, 0.15) is 0 Å². The molecule has 0 atom stereocenters. The molecule has 52 valence electrons. The predicted octanol–water partition coefficient (Wildman–Crippen LogP) is -5.00. The first-order valence-corrected chi connectivity index (χ1v) is 5.05. The van der Waals surface area contributed by atoms with Gasteiger partial charge >= 0.3 is 78.1 Å². The van der Waals surface area contributed by atoms with Gasteiger partial charge in [-0.1, -0.05) is 0 Å². The summed E-state index contributed by atoms with van der Waals surface area (Å²) in [4.78, 5) is 0. The maximum Gasteiger partial charge on any atom is 4.00 e. The molecule has 0 aliphatic rings. The van der Waals surface area contributed by atoms with Crippen LogP contribution in [-0.4, -0.2) is 0 Å². The molecule has 0 unspecified atom stereocenters. The Bertz CT molecular complexity index is 69.1. The normalized spacial score (nSPS) is 5.78. The van der Waals surface area contributed by atoms with Gasteiger partial charge < -0.3 is 0 Å². The zero-order chi connectivity index (χ0) is 7.15. The molecule has 0 radical (unpaired) electrons. The Labute approximate surface area is 77.5 Å². The van der Waals surface area contributed by atoms with E-state index < -0.39 is 37.2 Å². The molecule has 0 saturated carbocycles. The molecule has 0 heterocycles. The van der Waals surface area contributed by atoms with Crippen LogP contribution in [0.25, 0.3) is 0 Å². The van der Waals surface area contributed by atoms with Gasteiger partial charge in [-0.15, -0.1) is 0 Å². The third-order valence-corrected chi connectivity index (χ3v) is 0. The molecule has 9 heteroatoms. The van der Waals surface area contributed by atoms with E-state index in [0.29, 0.717) is 0 Å². The topological polar surface area (TPSA) is 126 Å². The fraction of sp³-hybridized carbons (Fsp3) is 0. The van der Waals surface area contributed by atoms with Gasteiger partial charge in [-0.25, -0.2) is 0 Å². The van der Waals surface area contributed by atoms with E-state index in [9.17, 15) is 0 Å². The van der Waals surface area contributed by atoms with Crippen molar-refractivity contribution in [3.05, 3.63) is 0 Å². The van der Waals surface area contributed by atoms with Gasteiger partial charge in [0.2, 0.25) is 0 Å². The molecule has 0 aromatic heterocycles. The van der Waals surface area contributed by atoms with E-state index in [1.165, 1.54) is 0 Å². The van der Waals surface area contributed by atoms with Gasteiger partial charge in [0, 0.05) is 0 Å². The molecule has 9 heavy (non-hydrogen) atoms. The number of hydrogen-bond donors (Lipinski definition) is 0. The predicted molar refractivity (Wildman–Crippen MR) is 1.37 cm³/mol. The molecule has 0 bridgehead atoms. The van der Waals surface area contributed by atoms with Crippen molar-refractivity contribution in [2.75, 3.05) is 0 Å². The minimum Gasteiger partial charge on any atom is 4.00 e. The van der Waals surface area contributed by atoms with Crippen LogP contribution < -0.4 is 14.8 Å². The summed E-state index contributed by atoms with van der Waals surface area (Å²) in [5.74, 6) is 0. The first-order chi connectivity index (χ1) is 3.46. The van der Waals surface area contributed by atoms with Crippen molar-refractivity contribution in [1.29, 1.82) is 0 Å². The van der Waals surface area contributed by atoms with E-state index in [-0.39, 0.29) is 19.5 Å². The molecule has 6 nitrogen and oxygen atoms in total. The van der Waals surface area contributed by atoms with Crippen LogP contribution in [0.3, 0.4) is 0 Å². The van der Waals surface area contributed by atoms with E-state index in [1.807, 2.05) is 0 Å². The van der Waals surface area contributed by atoms with Gasteiger partial charge in [-0.3, -0.25) is 0 Å². The van der Waals surface area contributed by atoms with Gasteiger partial charge in [0.05, 0.1) is 0 Å². The van der Waals surface area contributed by atoms with Crippen LogP contribution in [0.15, 0.2) is 0 Å². The van der Waals surface area contributed by atoms with Crippen LogP contribution >= 0.6 is 0 Å². The molecule has 0 fully saturated rings. The summed E-state index contributed by atoms with van der Waals surface area (Å²) in [6, 6.07) is 0. The SMILES string of the molecule is [O]=[Ti]([O-])[O-].[O]=[Ti]([O-])[O-].[Ru+4]. The summed E-state index contributed by atoms with van der Waals surface area (Å²) in [5, 5.41) is 0. The van der Waals surface area contributed by atoms with E-state index in [4.69, 9.17) is 21.4 Å². The average molecular weight is 293 g/mol. The minimum atomic E-state index is -4.08. The van der Waals surface area contributed by atoms with E-state index in [2.05, 4.69) is 0 Å².